The van der Waals surface area contributed by atoms with E-state index < -0.39 is 0 Å². The summed E-state index contributed by atoms with van der Waals surface area (Å²) in [5.74, 6) is 1.96. The maximum absolute atomic E-state index is 9.25. The van der Waals surface area contributed by atoms with Crippen LogP contribution in [-0.2, 0) is 6.54 Å². The molecule has 2 aliphatic rings. The molecule has 2 heterocycles. The maximum atomic E-state index is 9.25. The highest BCUT2D eigenvalue weighted by Gasteiger charge is 2.19. The first-order valence-corrected chi connectivity index (χ1v) is 9.65. The fourth-order valence-corrected chi connectivity index (χ4v) is 3.70. The van der Waals surface area contributed by atoms with Gasteiger partial charge in [0.2, 0.25) is 0 Å². The summed E-state index contributed by atoms with van der Waals surface area (Å²) in [6, 6.07) is 8.68. The smallest absolute Gasteiger partial charge is 0.191 e. The van der Waals surface area contributed by atoms with Crippen molar-refractivity contribution in [1.82, 2.24) is 4.90 Å². The number of hydrogen-bond donors (Lipinski definition) is 2. The number of rotatable bonds is 4. The molecule has 0 bridgehead atoms. The van der Waals surface area contributed by atoms with E-state index in [1.807, 2.05) is 0 Å². The number of piperidine rings is 2. The molecule has 2 aliphatic heterocycles. The highest BCUT2D eigenvalue weighted by Crippen LogP contribution is 2.23. The predicted molar refractivity (Wildman–Crippen MR) is 119 cm³/mol. The van der Waals surface area contributed by atoms with Crippen molar-refractivity contribution in [2.45, 2.75) is 39.2 Å². The molecule has 1 aromatic rings. The number of aliphatic imine (C=N–C) groups is 1. The normalized spacial score (nSPS) is 20.2. The number of benzene rings is 1. The lowest BCUT2D eigenvalue weighted by Crippen LogP contribution is -2.42. The van der Waals surface area contributed by atoms with Crippen LogP contribution in [0.4, 0.5) is 5.69 Å². The Morgan fingerprint density at radius 1 is 1.08 bits per heavy atom. The third-order valence-corrected chi connectivity index (χ3v) is 5.71. The molecule has 0 spiro atoms. The van der Waals surface area contributed by atoms with E-state index in [1.54, 1.807) is 0 Å². The van der Waals surface area contributed by atoms with Gasteiger partial charge in [0.1, 0.15) is 0 Å². The second-order valence-corrected chi connectivity index (χ2v) is 7.62. The molecule has 2 saturated heterocycles. The first kappa shape index (κ1) is 21.3. The van der Waals surface area contributed by atoms with Gasteiger partial charge in [-0.05, 0) is 55.2 Å². The van der Waals surface area contributed by atoms with E-state index in [0.29, 0.717) is 25.0 Å². The molecule has 0 amide bonds. The maximum Gasteiger partial charge on any atom is 0.191 e. The van der Waals surface area contributed by atoms with Crippen molar-refractivity contribution < 1.29 is 5.11 Å². The number of hydrogen-bond acceptors (Lipinski definition) is 3. The monoisotopic (exact) mass is 472 g/mol. The Kier molecular flexibility index (Phi) is 8.47. The molecule has 0 saturated carbocycles. The van der Waals surface area contributed by atoms with Crippen molar-refractivity contribution in [2.24, 2.45) is 22.6 Å². The van der Waals surface area contributed by atoms with Gasteiger partial charge in [0.05, 0.1) is 6.54 Å². The van der Waals surface area contributed by atoms with Gasteiger partial charge in [-0.3, -0.25) is 0 Å². The number of nitrogens with zero attached hydrogens (tertiary/aromatic N) is 3. The van der Waals surface area contributed by atoms with E-state index >= 15 is 0 Å². The van der Waals surface area contributed by atoms with Crippen LogP contribution in [0.1, 0.15) is 38.2 Å². The summed E-state index contributed by atoms with van der Waals surface area (Å²) >= 11 is 0. The highest BCUT2D eigenvalue weighted by molar-refractivity contribution is 14.0. The Morgan fingerprint density at radius 3 is 2.27 bits per heavy atom. The molecule has 0 aromatic heterocycles. The number of anilines is 1. The molecule has 3 N–H and O–H groups in total. The van der Waals surface area contributed by atoms with Crippen LogP contribution in [0.15, 0.2) is 29.3 Å². The van der Waals surface area contributed by atoms with Gasteiger partial charge >= 0.3 is 0 Å². The number of guanidine groups is 1. The lowest BCUT2D eigenvalue weighted by Gasteiger charge is -2.33. The zero-order valence-electron chi connectivity index (χ0n) is 15.8. The summed E-state index contributed by atoms with van der Waals surface area (Å²) in [4.78, 5) is 9.20. The second kappa shape index (κ2) is 10.3. The SMILES string of the molecule is CC1CCN(C(N)=NCc2ccc(N3CCC(CO)CC3)cc2)CC1.I. The van der Waals surface area contributed by atoms with Crippen LogP contribution in [0.5, 0.6) is 0 Å². The minimum Gasteiger partial charge on any atom is -0.396 e. The fourth-order valence-electron chi connectivity index (χ4n) is 3.70. The first-order valence-electron chi connectivity index (χ1n) is 9.65. The summed E-state index contributed by atoms with van der Waals surface area (Å²) in [6.45, 7) is 7.38. The Balaban J connectivity index is 0.00000243. The molecule has 3 rings (SSSR count). The molecule has 6 heteroatoms. The lowest BCUT2D eigenvalue weighted by atomic mass is 9.97. The van der Waals surface area contributed by atoms with E-state index in [0.717, 1.165) is 44.9 Å². The summed E-state index contributed by atoms with van der Waals surface area (Å²) in [7, 11) is 0. The zero-order chi connectivity index (χ0) is 17.6. The van der Waals surface area contributed by atoms with Crippen LogP contribution in [0.25, 0.3) is 0 Å². The summed E-state index contributed by atoms with van der Waals surface area (Å²) in [6.07, 6.45) is 4.57. The van der Waals surface area contributed by atoms with Crippen LogP contribution in [0, 0.1) is 11.8 Å². The van der Waals surface area contributed by atoms with Crippen LogP contribution in [0.2, 0.25) is 0 Å². The number of aliphatic hydroxyl groups excluding tert-OH is 1. The molecule has 1 aromatic carbocycles. The van der Waals surface area contributed by atoms with Crippen molar-refractivity contribution in [2.75, 3.05) is 37.7 Å². The van der Waals surface area contributed by atoms with Crippen molar-refractivity contribution >= 4 is 35.6 Å². The van der Waals surface area contributed by atoms with E-state index in [9.17, 15) is 5.11 Å². The van der Waals surface area contributed by atoms with Gasteiger partial charge in [-0.2, -0.15) is 0 Å². The largest absolute Gasteiger partial charge is 0.396 e. The number of nitrogens with two attached hydrogens (primary N) is 1. The molecular formula is C20H33IN4O. The number of halogens is 1. The molecule has 0 aliphatic carbocycles. The van der Waals surface area contributed by atoms with E-state index in [2.05, 4.69) is 46.0 Å². The molecule has 146 valence electrons. The minimum atomic E-state index is 0. The van der Waals surface area contributed by atoms with Crippen molar-refractivity contribution in [3.8, 4) is 0 Å². The summed E-state index contributed by atoms with van der Waals surface area (Å²) in [5.41, 5.74) is 8.62. The quantitative estimate of drug-likeness (QED) is 0.402. The Morgan fingerprint density at radius 2 is 1.69 bits per heavy atom. The van der Waals surface area contributed by atoms with Crippen molar-refractivity contribution in [3.05, 3.63) is 29.8 Å². The van der Waals surface area contributed by atoms with E-state index in [4.69, 9.17) is 5.73 Å². The van der Waals surface area contributed by atoms with E-state index in [1.165, 1.54) is 24.1 Å². The summed E-state index contributed by atoms with van der Waals surface area (Å²) in [5, 5.41) is 9.25. The van der Waals surface area contributed by atoms with Crippen LogP contribution >= 0.6 is 24.0 Å². The third kappa shape index (κ3) is 5.74. The molecule has 0 atom stereocenters. The molecule has 0 unspecified atom stereocenters. The second-order valence-electron chi connectivity index (χ2n) is 7.62. The molecule has 5 nitrogen and oxygen atoms in total. The molecule has 0 radical (unpaired) electrons. The minimum absolute atomic E-state index is 0. The number of likely N-dealkylation sites (tertiary alicyclic amines) is 1. The van der Waals surface area contributed by atoms with Crippen LogP contribution in [0.3, 0.4) is 0 Å². The third-order valence-electron chi connectivity index (χ3n) is 5.71. The molecule has 26 heavy (non-hydrogen) atoms. The lowest BCUT2D eigenvalue weighted by molar-refractivity contribution is 0.203. The Labute approximate surface area is 174 Å². The topological polar surface area (TPSA) is 65.1 Å². The standard InChI is InChI=1S/C20H32N4O.HI/c1-16-6-10-24(11-7-16)20(21)22-14-17-2-4-19(5-3-17)23-12-8-18(15-25)9-13-23;/h2-5,16,18,25H,6-15H2,1H3,(H2,21,22);1H. The van der Waals surface area contributed by atoms with Crippen LogP contribution in [-0.4, -0.2) is 48.8 Å². The van der Waals surface area contributed by atoms with Gasteiger partial charge in [0, 0.05) is 38.5 Å². The van der Waals surface area contributed by atoms with Crippen LogP contribution < -0.4 is 10.6 Å². The molecule has 2 fully saturated rings. The van der Waals surface area contributed by atoms with Gasteiger partial charge in [-0.25, -0.2) is 4.99 Å². The predicted octanol–water partition coefficient (Wildman–Crippen LogP) is 3.06. The van der Waals surface area contributed by atoms with Gasteiger partial charge in [0.15, 0.2) is 5.96 Å². The van der Waals surface area contributed by atoms with Gasteiger partial charge in [-0.15, -0.1) is 24.0 Å². The van der Waals surface area contributed by atoms with Crippen molar-refractivity contribution in [1.29, 1.82) is 0 Å². The average molecular weight is 472 g/mol. The van der Waals surface area contributed by atoms with Gasteiger partial charge < -0.3 is 20.6 Å². The van der Waals surface area contributed by atoms with Gasteiger partial charge in [-0.1, -0.05) is 19.1 Å². The van der Waals surface area contributed by atoms with E-state index in [-0.39, 0.29) is 24.0 Å². The Bertz CT molecular complexity index is 562. The zero-order valence-corrected chi connectivity index (χ0v) is 18.1. The molecular weight excluding hydrogens is 439 g/mol. The average Bonchev–Trinajstić information content (AvgIpc) is 2.67. The Hall–Kier alpha value is -1.02. The summed E-state index contributed by atoms with van der Waals surface area (Å²) < 4.78 is 0. The van der Waals surface area contributed by atoms with Gasteiger partial charge in [0.25, 0.3) is 0 Å². The highest BCUT2D eigenvalue weighted by atomic mass is 127. The fraction of sp³-hybridized carbons (Fsp3) is 0.650. The first-order chi connectivity index (χ1) is 12.2. The van der Waals surface area contributed by atoms with Crippen molar-refractivity contribution in [3.63, 3.8) is 0 Å². The number of aliphatic hydroxyl groups is 1.